The van der Waals surface area contributed by atoms with Gasteiger partial charge in [-0.05, 0) is 61.4 Å². The number of carbonyl (C=O) groups excluding carboxylic acids is 1. The number of hydrogen-bond donors (Lipinski definition) is 2. The lowest BCUT2D eigenvalue weighted by molar-refractivity contribution is 0.0939. The van der Waals surface area contributed by atoms with Crippen LogP contribution in [-0.2, 0) is 10.0 Å². The molecular weight excluding hydrogens is 471 g/mol. The Balaban J connectivity index is 1.84. The lowest BCUT2D eigenvalue weighted by Crippen LogP contribution is -2.27. The first-order chi connectivity index (χ1) is 14.2. The Morgan fingerprint density at radius 3 is 2.37 bits per heavy atom. The first-order valence-corrected chi connectivity index (χ1v) is 11.4. The Morgan fingerprint density at radius 2 is 1.70 bits per heavy atom. The van der Waals surface area contributed by atoms with E-state index in [1.54, 1.807) is 13.0 Å². The number of rotatable bonds is 6. The Labute approximate surface area is 183 Å². The summed E-state index contributed by atoms with van der Waals surface area (Å²) < 4.78 is 42.4. The molecule has 2 N–H and O–H groups in total. The summed E-state index contributed by atoms with van der Waals surface area (Å²) in [5.74, 6) is -1.08. The molecule has 30 heavy (non-hydrogen) atoms. The number of nitrogens with one attached hydrogen (secondary N) is 2. The van der Waals surface area contributed by atoms with Crippen LogP contribution in [-0.4, -0.2) is 14.3 Å². The van der Waals surface area contributed by atoms with Gasteiger partial charge in [0.15, 0.2) is 0 Å². The van der Waals surface area contributed by atoms with Crippen LogP contribution in [0.2, 0.25) is 0 Å². The first-order valence-electron chi connectivity index (χ1n) is 9.12. The lowest BCUT2D eigenvalue weighted by atomic mass is 10.1. The summed E-state index contributed by atoms with van der Waals surface area (Å²) in [6.07, 6.45) is 0. The molecule has 0 aliphatic rings. The van der Waals surface area contributed by atoms with Crippen LogP contribution in [0.25, 0.3) is 0 Å². The lowest BCUT2D eigenvalue weighted by Gasteiger charge is -2.16. The van der Waals surface area contributed by atoms with Crippen molar-refractivity contribution in [2.75, 3.05) is 4.72 Å². The van der Waals surface area contributed by atoms with E-state index in [4.69, 9.17) is 0 Å². The van der Waals surface area contributed by atoms with Gasteiger partial charge in [0.25, 0.3) is 15.9 Å². The Bertz CT molecular complexity index is 1180. The van der Waals surface area contributed by atoms with E-state index in [1.807, 2.05) is 31.2 Å². The molecule has 156 valence electrons. The van der Waals surface area contributed by atoms with Crippen molar-refractivity contribution in [2.45, 2.75) is 24.8 Å². The van der Waals surface area contributed by atoms with Gasteiger partial charge in [-0.1, -0.05) is 46.3 Å². The quantitative estimate of drug-likeness (QED) is 0.499. The van der Waals surface area contributed by atoms with Crippen LogP contribution >= 0.6 is 15.9 Å². The molecule has 0 saturated heterocycles. The fourth-order valence-corrected chi connectivity index (χ4v) is 4.23. The maximum atomic E-state index is 13.8. The highest BCUT2D eigenvalue weighted by Crippen LogP contribution is 2.22. The van der Waals surface area contributed by atoms with Gasteiger partial charge in [0, 0.05) is 10.0 Å². The number of hydrogen-bond acceptors (Lipinski definition) is 3. The van der Waals surface area contributed by atoms with E-state index in [1.165, 1.54) is 30.3 Å². The van der Waals surface area contributed by atoms with Crippen molar-refractivity contribution in [3.63, 3.8) is 0 Å². The van der Waals surface area contributed by atoms with Crippen LogP contribution in [0.5, 0.6) is 0 Å². The molecule has 0 fully saturated rings. The van der Waals surface area contributed by atoms with E-state index >= 15 is 0 Å². The number of para-hydroxylation sites is 1. The molecule has 8 heteroatoms. The summed E-state index contributed by atoms with van der Waals surface area (Å²) in [6, 6.07) is 17.0. The average molecular weight is 491 g/mol. The maximum Gasteiger partial charge on any atom is 0.262 e. The normalized spacial score (nSPS) is 12.3. The van der Waals surface area contributed by atoms with Gasteiger partial charge < -0.3 is 5.32 Å². The Morgan fingerprint density at radius 1 is 1.03 bits per heavy atom. The zero-order valence-electron chi connectivity index (χ0n) is 16.3. The largest absolute Gasteiger partial charge is 0.346 e. The fourth-order valence-electron chi connectivity index (χ4n) is 2.87. The number of anilines is 1. The molecule has 0 heterocycles. The Kier molecular flexibility index (Phi) is 6.58. The zero-order valence-corrected chi connectivity index (χ0v) is 18.7. The zero-order chi connectivity index (χ0) is 21.9. The van der Waals surface area contributed by atoms with Gasteiger partial charge in [-0.3, -0.25) is 9.52 Å². The van der Waals surface area contributed by atoms with Gasteiger partial charge >= 0.3 is 0 Å². The second-order valence-electron chi connectivity index (χ2n) is 6.81. The van der Waals surface area contributed by atoms with Crippen LogP contribution < -0.4 is 10.0 Å². The smallest absolute Gasteiger partial charge is 0.262 e. The van der Waals surface area contributed by atoms with Gasteiger partial charge in [-0.15, -0.1) is 0 Å². The number of sulfonamides is 1. The van der Waals surface area contributed by atoms with E-state index in [2.05, 4.69) is 26.0 Å². The van der Waals surface area contributed by atoms with E-state index in [-0.39, 0.29) is 22.2 Å². The summed E-state index contributed by atoms with van der Waals surface area (Å²) in [4.78, 5) is 12.7. The third-order valence-electron chi connectivity index (χ3n) is 4.60. The van der Waals surface area contributed by atoms with Crippen LogP contribution in [0, 0.1) is 12.7 Å². The van der Waals surface area contributed by atoms with Crippen LogP contribution in [0.3, 0.4) is 0 Å². The molecule has 3 aromatic carbocycles. The summed E-state index contributed by atoms with van der Waals surface area (Å²) in [7, 11) is -4.07. The summed E-state index contributed by atoms with van der Waals surface area (Å²) in [5.41, 5.74) is 1.61. The van der Waals surface area contributed by atoms with Crippen molar-refractivity contribution in [1.82, 2.24) is 5.32 Å². The Hall–Kier alpha value is -2.71. The molecule has 0 radical (unpaired) electrons. The van der Waals surface area contributed by atoms with Gasteiger partial charge in [-0.2, -0.15) is 0 Å². The van der Waals surface area contributed by atoms with Crippen LogP contribution in [0.1, 0.15) is 34.5 Å². The van der Waals surface area contributed by atoms with Crippen molar-refractivity contribution in [1.29, 1.82) is 0 Å². The van der Waals surface area contributed by atoms with Crippen LogP contribution in [0.15, 0.2) is 76.1 Å². The molecule has 0 spiro atoms. The van der Waals surface area contributed by atoms with Gasteiger partial charge in [0.05, 0.1) is 16.6 Å². The van der Waals surface area contributed by atoms with Crippen molar-refractivity contribution in [3.8, 4) is 0 Å². The topological polar surface area (TPSA) is 75.3 Å². The van der Waals surface area contributed by atoms with E-state index < -0.39 is 21.7 Å². The summed E-state index contributed by atoms with van der Waals surface area (Å²) in [5, 5.41) is 2.88. The van der Waals surface area contributed by atoms with E-state index in [0.29, 0.717) is 5.56 Å². The summed E-state index contributed by atoms with van der Waals surface area (Å²) in [6.45, 7) is 3.57. The molecule has 0 bridgehead atoms. The SMILES string of the molecule is Cc1ccc(S(=O)(=O)Nc2ccccc2F)cc1C(=O)NC(C)c1ccc(Br)cc1. The molecule has 3 aromatic rings. The second-order valence-corrected chi connectivity index (χ2v) is 9.41. The molecule has 0 aromatic heterocycles. The number of amides is 1. The molecule has 0 saturated carbocycles. The molecule has 0 aliphatic heterocycles. The third kappa shape index (κ3) is 5.06. The number of benzene rings is 3. The minimum Gasteiger partial charge on any atom is -0.346 e. The predicted molar refractivity (Wildman–Crippen MR) is 118 cm³/mol. The highest BCUT2D eigenvalue weighted by molar-refractivity contribution is 9.10. The number of aryl methyl sites for hydroxylation is 1. The van der Waals surface area contributed by atoms with E-state index in [0.717, 1.165) is 16.1 Å². The van der Waals surface area contributed by atoms with Crippen molar-refractivity contribution in [3.05, 3.63) is 93.7 Å². The maximum absolute atomic E-state index is 13.8. The average Bonchev–Trinajstić information content (AvgIpc) is 2.70. The molecule has 1 amide bonds. The number of carbonyl (C=O) groups is 1. The highest BCUT2D eigenvalue weighted by Gasteiger charge is 2.20. The molecular formula is C22H20BrFN2O3S. The molecule has 1 atom stereocenters. The van der Waals surface area contributed by atoms with Crippen molar-refractivity contribution < 1.29 is 17.6 Å². The molecule has 5 nitrogen and oxygen atoms in total. The fraction of sp³-hybridized carbons (Fsp3) is 0.136. The standard InChI is InChI=1S/C22H20BrFN2O3S/c1-14-7-12-18(30(28,29)26-21-6-4-3-5-20(21)24)13-19(14)22(27)25-15(2)16-8-10-17(23)11-9-16/h3-13,15,26H,1-2H3,(H,25,27). The van der Waals surface area contributed by atoms with Crippen LogP contribution in [0.4, 0.5) is 10.1 Å². The predicted octanol–water partition coefficient (Wildman–Crippen LogP) is 5.19. The minimum atomic E-state index is -4.07. The second kappa shape index (κ2) is 8.97. The number of halogens is 2. The van der Waals surface area contributed by atoms with Gasteiger partial charge in [0.2, 0.25) is 0 Å². The molecule has 1 unspecified atom stereocenters. The highest BCUT2D eigenvalue weighted by atomic mass is 79.9. The first kappa shape index (κ1) is 22.0. The van der Waals surface area contributed by atoms with Gasteiger partial charge in [0.1, 0.15) is 5.82 Å². The van der Waals surface area contributed by atoms with Gasteiger partial charge in [-0.25, -0.2) is 12.8 Å². The van der Waals surface area contributed by atoms with Crippen molar-refractivity contribution >= 4 is 37.5 Å². The summed E-state index contributed by atoms with van der Waals surface area (Å²) >= 11 is 3.37. The minimum absolute atomic E-state index is 0.127. The molecule has 0 aliphatic carbocycles. The van der Waals surface area contributed by atoms with E-state index in [9.17, 15) is 17.6 Å². The monoisotopic (exact) mass is 490 g/mol. The third-order valence-corrected chi connectivity index (χ3v) is 6.49. The molecule has 3 rings (SSSR count). The van der Waals surface area contributed by atoms with Crippen molar-refractivity contribution in [2.24, 2.45) is 0 Å².